The predicted octanol–water partition coefficient (Wildman–Crippen LogP) is 4.21. The number of carbonyl (C=O) groups is 4. The molecule has 2 aromatic carbocycles. The molecule has 0 radical (unpaired) electrons. The van der Waals surface area contributed by atoms with Crippen molar-refractivity contribution in [3.05, 3.63) is 59.7 Å². The number of piperidine rings is 1. The van der Waals surface area contributed by atoms with Crippen LogP contribution in [0.15, 0.2) is 36.4 Å². The Hall–Kier alpha value is -4.16. The van der Waals surface area contributed by atoms with Crippen molar-refractivity contribution in [1.29, 1.82) is 0 Å². The number of benzene rings is 2. The van der Waals surface area contributed by atoms with Crippen molar-refractivity contribution in [3.63, 3.8) is 0 Å². The quantitative estimate of drug-likeness (QED) is 0.234. The van der Waals surface area contributed by atoms with Gasteiger partial charge >= 0.3 is 12.0 Å². The Morgan fingerprint density at radius 2 is 1.59 bits per heavy atom. The van der Waals surface area contributed by atoms with Crippen LogP contribution in [0.5, 0.6) is 5.75 Å². The van der Waals surface area contributed by atoms with E-state index in [9.17, 15) is 36.7 Å². The van der Waals surface area contributed by atoms with Crippen molar-refractivity contribution < 1.29 is 46.2 Å². The lowest BCUT2D eigenvalue weighted by Gasteiger charge is -2.32. The minimum Gasteiger partial charge on any atom is -0.479 e. The van der Waals surface area contributed by atoms with Gasteiger partial charge in [0.2, 0.25) is 17.5 Å². The van der Waals surface area contributed by atoms with Crippen LogP contribution in [0.2, 0.25) is 0 Å². The van der Waals surface area contributed by atoms with Gasteiger partial charge in [-0.05, 0) is 30.9 Å². The first-order valence-electron chi connectivity index (χ1n) is 13.0. The topological polar surface area (TPSA) is 114 Å². The maximum absolute atomic E-state index is 13.9. The Morgan fingerprint density at radius 3 is 2.17 bits per heavy atom. The van der Waals surface area contributed by atoms with Crippen molar-refractivity contribution in [2.45, 2.75) is 39.2 Å². The fraction of sp³-hybridized carbons (Fsp3) is 0.429. The number of ether oxygens (including phenoxy) is 2. The second-order valence-corrected chi connectivity index (χ2v) is 9.95. The number of para-hydroxylation sites is 1. The maximum atomic E-state index is 13.9. The zero-order valence-electron chi connectivity index (χ0n) is 22.6. The number of hydrogen-bond acceptors (Lipinski definition) is 6. The number of halogens is 4. The van der Waals surface area contributed by atoms with E-state index in [0.29, 0.717) is 5.69 Å². The summed E-state index contributed by atoms with van der Waals surface area (Å²) in [6.07, 6.45) is -0.0774. The monoisotopic (exact) mass is 581 g/mol. The lowest BCUT2D eigenvalue weighted by molar-refractivity contribution is -0.147. The van der Waals surface area contributed by atoms with Crippen LogP contribution in [0.1, 0.15) is 33.1 Å². The third-order valence-corrected chi connectivity index (χ3v) is 6.26. The Bertz CT molecular complexity index is 1230. The summed E-state index contributed by atoms with van der Waals surface area (Å²) in [5, 5.41) is 5.22. The van der Waals surface area contributed by atoms with Gasteiger partial charge in [0.05, 0.1) is 13.0 Å². The molecule has 3 amide bonds. The van der Waals surface area contributed by atoms with Crippen LogP contribution in [0.4, 0.5) is 28.0 Å². The van der Waals surface area contributed by atoms with Crippen LogP contribution in [-0.4, -0.2) is 60.9 Å². The molecule has 1 saturated heterocycles. The summed E-state index contributed by atoms with van der Waals surface area (Å²) in [6, 6.07) is 6.98. The van der Waals surface area contributed by atoms with Crippen molar-refractivity contribution >= 4 is 29.4 Å². The van der Waals surface area contributed by atoms with Crippen molar-refractivity contribution in [1.82, 2.24) is 10.2 Å². The summed E-state index contributed by atoms with van der Waals surface area (Å²) in [5.74, 6) is -11.6. The molecule has 0 spiro atoms. The number of ketones is 1. The van der Waals surface area contributed by atoms with Crippen LogP contribution in [0.3, 0.4) is 0 Å². The lowest BCUT2D eigenvalue weighted by atomic mass is 9.95. The van der Waals surface area contributed by atoms with Crippen molar-refractivity contribution in [2.24, 2.45) is 11.8 Å². The van der Waals surface area contributed by atoms with Crippen molar-refractivity contribution in [2.75, 3.05) is 31.6 Å². The van der Waals surface area contributed by atoms with Gasteiger partial charge in [0.25, 0.3) is 0 Å². The Balaban J connectivity index is 1.62. The van der Waals surface area contributed by atoms with Gasteiger partial charge in [-0.2, -0.15) is 8.78 Å². The maximum Gasteiger partial charge on any atom is 0.321 e. The van der Waals surface area contributed by atoms with Gasteiger partial charge in [-0.25, -0.2) is 13.6 Å². The molecular formula is C28H31F4N3O6. The molecule has 222 valence electrons. The molecule has 9 nitrogen and oxygen atoms in total. The number of nitrogens with zero attached hydrogens (tertiary/aromatic N) is 1. The van der Waals surface area contributed by atoms with E-state index in [1.807, 2.05) is 6.07 Å². The number of anilines is 1. The van der Waals surface area contributed by atoms with E-state index in [0.717, 1.165) is 0 Å². The van der Waals surface area contributed by atoms with E-state index in [2.05, 4.69) is 10.6 Å². The third kappa shape index (κ3) is 8.92. The van der Waals surface area contributed by atoms with Crippen LogP contribution >= 0.6 is 0 Å². The molecule has 0 saturated carbocycles. The summed E-state index contributed by atoms with van der Waals surface area (Å²) in [4.78, 5) is 52.3. The van der Waals surface area contributed by atoms with E-state index in [-0.39, 0.29) is 50.6 Å². The van der Waals surface area contributed by atoms with Gasteiger partial charge in [0.15, 0.2) is 23.2 Å². The Morgan fingerprint density at radius 1 is 0.976 bits per heavy atom. The number of hydrogen-bond donors (Lipinski definition) is 2. The normalized spacial score (nSPS) is 14.4. The molecule has 1 heterocycles. The zero-order valence-corrected chi connectivity index (χ0v) is 22.6. The molecule has 0 aromatic heterocycles. The standard InChI is InChI=1S/C28H31F4N3O6/c1-16(2)14-40-23(37)13-21(22(36)15-41-26-24(31)19(29)12-20(30)25(26)32)34-27(38)17-8-10-35(11-9-17)28(39)33-18-6-4-3-5-7-18/h3-7,12,16-17,21H,8-11,13-15H2,1-2H3,(H,33,39)(H,34,38)/t21-/m0/s1. The Kier molecular flexibility index (Phi) is 11.1. The van der Waals surface area contributed by atoms with E-state index < -0.39 is 71.7 Å². The molecule has 41 heavy (non-hydrogen) atoms. The average Bonchev–Trinajstić information content (AvgIpc) is 2.95. The van der Waals surface area contributed by atoms with E-state index in [1.54, 1.807) is 38.1 Å². The summed E-state index contributed by atoms with van der Waals surface area (Å²) < 4.78 is 64.7. The molecule has 1 fully saturated rings. The van der Waals surface area contributed by atoms with E-state index in [4.69, 9.17) is 9.47 Å². The van der Waals surface area contributed by atoms with Crippen molar-refractivity contribution in [3.8, 4) is 5.75 Å². The first-order valence-corrected chi connectivity index (χ1v) is 13.0. The second-order valence-electron chi connectivity index (χ2n) is 9.95. The highest BCUT2D eigenvalue weighted by atomic mass is 19.2. The largest absolute Gasteiger partial charge is 0.479 e. The summed E-state index contributed by atoms with van der Waals surface area (Å²) in [6.45, 7) is 3.03. The molecule has 3 rings (SSSR count). The number of urea groups is 1. The number of esters is 1. The highest BCUT2D eigenvalue weighted by Gasteiger charge is 2.32. The smallest absolute Gasteiger partial charge is 0.321 e. The predicted molar refractivity (Wildman–Crippen MR) is 139 cm³/mol. The van der Waals surface area contributed by atoms with Crippen LogP contribution in [0.25, 0.3) is 0 Å². The minimum absolute atomic E-state index is 0.0101. The summed E-state index contributed by atoms with van der Waals surface area (Å²) >= 11 is 0. The number of likely N-dealkylation sites (tertiary alicyclic amines) is 1. The first kappa shape index (κ1) is 31.4. The number of nitrogens with one attached hydrogen (secondary N) is 2. The summed E-state index contributed by atoms with van der Waals surface area (Å²) in [7, 11) is 0. The molecule has 0 aliphatic carbocycles. The van der Waals surface area contributed by atoms with E-state index >= 15 is 0 Å². The summed E-state index contributed by atoms with van der Waals surface area (Å²) in [5.41, 5.74) is 0.617. The third-order valence-electron chi connectivity index (χ3n) is 6.26. The van der Waals surface area contributed by atoms with Gasteiger partial charge in [0.1, 0.15) is 12.6 Å². The van der Waals surface area contributed by atoms with E-state index in [1.165, 1.54) is 4.90 Å². The van der Waals surface area contributed by atoms with Gasteiger partial charge in [0, 0.05) is 30.8 Å². The molecular weight excluding hydrogens is 550 g/mol. The highest BCUT2D eigenvalue weighted by Crippen LogP contribution is 2.26. The number of amides is 3. The van der Waals surface area contributed by atoms with Crippen LogP contribution in [0, 0.1) is 35.1 Å². The molecule has 1 aliphatic rings. The van der Waals surface area contributed by atoms with Gasteiger partial charge in [-0.3, -0.25) is 14.4 Å². The molecule has 1 atom stereocenters. The lowest BCUT2D eigenvalue weighted by Crippen LogP contribution is -2.49. The zero-order chi connectivity index (χ0) is 30.1. The van der Waals surface area contributed by atoms with Crippen LogP contribution < -0.4 is 15.4 Å². The molecule has 0 unspecified atom stereocenters. The molecule has 2 aromatic rings. The second kappa shape index (κ2) is 14.5. The average molecular weight is 582 g/mol. The van der Waals surface area contributed by atoms with Gasteiger partial charge < -0.3 is 25.0 Å². The molecule has 2 N–H and O–H groups in total. The number of Topliss-reactive ketones (excluding diaryl/α,β-unsaturated/α-hetero) is 1. The number of carbonyl (C=O) groups excluding carboxylic acids is 4. The molecule has 1 aliphatic heterocycles. The SMILES string of the molecule is CC(C)COC(=O)C[C@H](NC(=O)C1CCN(C(=O)Nc2ccccc2)CC1)C(=O)COc1c(F)c(F)cc(F)c1F. The first-order chi connectivity index (χ1) is 19.5. The fourth-order valence-electron chi connectivity index (χ4n) is 4.01. The minimum atomic E-state index is -1.84. The number of rotatable bonds is 11. The van der Waals surface area contributed by atoms with Gasteiger partial charge in [-0.15, -0.1) is 0 Å². The van der Waals surface area contributed by atoms with Crippen LogP contribution in [-0.2, 0) is 19.1 Å². The molecule has 13 heteroatoms. The fourth-order valence-corrected chi connectivity index (χ4v) is 4.01. The molecule has 0 bridgehead atoms. The van der Waals surface area contributed by atoms with Gasteiger partial charge in [-0.1, -0.05) is 32.0 Å². The Labute approximate surface area is 234 Å². The highest BCUT2D eigenvalue weighted by molar-refractivity contribution is 5.94.